The van der Waals surface area contributed by atoms with Gasteiger partial charge in [0.1, 0.15) is 5.75 Å². The fourth-order valence-corrected chi connectivity index (χ4v) is 1.85. The van der Waals surface area contributed by atoms with E-state index in [9.17, 15) is 4.79 Å². The van der Waals surface area contributed by atoms with Crippen LogP contribution in [0.15, 0.2) is 18.2 Å². The van der Waals surface area contributed by atoms with Gasteiger partial charge in [-0.05, 0) is 17.7 Å². The molecule has 1 aliphatic heterocycles. The number of rotatable bonds is 2. The van der Waals surface area contributed by atoms with Gasteiger partial charge in [0, 0.05) is 18.9 Å². The van der Waals surface area contributed by atoms with Crippen molar-refractivity contribution in [2.45, 2.75) is 12.3 Å². The van der Waals surface area contributed by atoms with E-state index >= 15 is 0 Å². The van der Waals surface area contributed by atoms with Crippen LogP contribution in [0.5, 0.6) is 5.75 Å². The summed E-state index contributed by atoms with van der Waals surface area (Å²) in [4.78, 5) is 11.1. The predicted molar refractivity (Wildman–Crippen MR) is 57.8 cm³/mol. The largest absolute Gasteiger partial charge is 0.495 e. The van der Waals surface area contributed by atoms with Gasteiger partial charge in [0.2, 0.25) is 5.91 Å². The fraction of sp³-hybridized carbons (Fsp3) is 0.364. The molecule has 2 rings (SSSR count). The number of nitrogens with two attached hydrogens (primary N) is 1. The molecule has 0 spiro atoms. The highest BCUT2D eigenvalue weighted by Gasteiger charge is 2.23. The summed E-state index contributed by atoms with van der Waals surface area (Å²) in [5, 5.41) is 2.81. The SMILES string of the molecule is COc1ccc([C@H]2CNC(=O)C2)cc1N. The minimum atomic E-state index is 0.106. The van der Waals surface area contributed by atoms with Crippen LogP contribution < -0.4 is 15.8 Å². The number of ether oxygens (including phenoxy) is 1. The monoisotopic (exact) mass is 206 g/mol. The Balaban J connectivity index is 2.22. The first kappa shape index (κ1) is 9.83. The fourth-order valence-electron chi connectivity index (χ4n) is 1.85. The molecule has 15 heavy (non-hydrogen) atoms. The smallest absolute Gasteiger partial charge is 0.220 e. The van der Waals surface area contributed by atoms with Crippen molar-refractivity contribution < 1.29 is 9.53 Å². The third-order valence-electron chi connectivity index (χ3n) is 2.70. The number of benzene rings is 1. The van der Waals surface area contributed by atoms with Crippen LogP contribution in [-0.4, -0.2) is 19.6 Å². The van der Waals surface area contributed by atoms with Crippen LogP contribution in [0.2, 0.25) is 0 Å². The van der Waals surface area contributed by atoms with Crippen molar-refractivity contribution in [1.82, 2.24) is 5.32 Å². The van der Waals surface area contributed by atoms with Crippen molar-refractivity contribution in [3.8, 4) is 5.75 Å². The summed E-state index contributed by atoms with van der Waals surface area (Å²) < 4.78 is 5.08. The maximum atomic E-state index is 11.1. The molecule has 1 heterocycles. The highest BCUT2D eigenvalue weighted by Crippen LogP contribution is 2.29. The molecule has 3 N–H and O–H groups in total. The van der Waals surface area contributed by atoms with Gasteiger partial charge in [0.05, 0.1) is 12.8 Å². The van der Waals surface area contributed by atoms with E-state index in [1.54, 1.807) is 7.11 Å². The normalized spacial score (nSPS) is 20.1. The van der Waals surface area contributed by atoms with Crippen molar-refractivity contribution in [2.75, 3.05) is 19.4 Å². The molecule has 4 heteroatoms. The average Bonchev–Trinajstić information content (AvgIpc) is 2.65. The number of methoxy groups -OCH3 is 1. The number of carbonyl (C=O) groups excluding carboxylic acids is 1. The molecule has 0 aliphatic carbocycles. The Labute approximate surface area is 88.4 Å². The molecule has 1 saturated heterocycles. The first-order valence-corrected chi connectivity index (χ1v) is 4.91. The van der Waals surface area contributed by atoms with E-state index in [0.29, 0.717) is 24.4 Å². The van der Waals surface area contributed by atoms with Crippen LogP contribution in [-0.2, 0) is 4.79 Å². The maximum absolute atomic E-state index is 11.1. The lowest BCUT2D eigenvalue weighted by molar-refractivity contribution is -0.119. The van der Waals surface area contributed by atoms with E-state index in [2.05, 4.69) is 5.32 Å². The van der Waals surface area contributed by atoms with Gasteiger partial charge in [-0.15, -0.1) is 0 Å². The molecule has 1 aromatic carbocycles. The van der Waals surface area contributed by atoms with Gasteiger partial charge in [-0.1, -0.05) is 6.07 Å². The lowest BCUT2D eigenvalue weighted by atomic mass is 9.97. The predicted octanol–water partition coefficient (Wildman–Crippen LogP) is 0.881. The number of nitrogens with one attached hydrogen (secondary N) is 1. The number of anilines is 1. The van der Waals surface area contributed by atoms with Crippen molar-refractivity contribution >= 4 is 11.6 Å². The molecule has 0 bridgehead atoms. The highest BCUT2D eigenvalue weighted by molar-refractivity contribution is 5.79. The van der Waals surface area contributed by atoms with E-state index in [1.165, 1.54) is 0 Å². The number of carbonyl (C=O) groups is 1. The lowest BCUT2D eigenvalue weighted by Gasteiger charge is -2.10. The summed E-state index contributed by atoms with van der Waals surface area (Å²) in [6.07, 6.45) is 0.547. The summed E-state index contributed by atoms with van der Waals surface area (Å²) in [5.74, 6) is 1.02. The highest BCUT2D eigenvalue weighted by atomic mass is 16.5. The molecule has 0 aromatic heterocycles. The van der Waals surface area contributed by atoms with E-state index in [0.717, 1.165) is 5.56 Å². The molecule has 1 atom stereocenters. The van der Waals surface area contributed by atoms with E-state index in [-0.39, 0.29) is 11.8 Å². The molecule has 1 aliphatic rings. The molecule has 1 aromatic rings. The Bertz CT molecular complexity index is 390. The number of amides is 1. The second-order valence-electron chi connectivity index (χ2n) is 3.71. The Morgan fingerprint density at radius 2 is 2.33 bits per heavy atom. The van der Waals surface area contributed by atoms with Gasteiger partial charge in [0.15, 0.2) is 0 Å². The number of hydrogen-bond acceptors (Lipinski definition) is 3. The molecule has 4 nitrogen and oxygen atoms in total. The third kappa shape index (κ3) is 1.88. The topological polar surface area (TPSA) is 64.3 Å². The van der Waals surface area contributed by atoms with Crippen LogP contribution in [0.3, 0.4) is 0 Å². The molecule has 0 radical (unpaired) electrons. The molecule has 0 unspecified atom stereocenters. The zero-order chi connectivity index (χ0) is 10.8. The first-order valence-electron chi connectivity index (χ1n) is 4.91. The minimum absolute atomic E-state index is 0.106. The van der Waals surface area contributed by atoms with Crippen LogP contribution in [0.4, 0.5) is 5.69 Å². The van der Waals surface area contributed by atoms with Gasteiger partial charge < -0.3 is 15.8 Å². The second-order valence-corrected chi connectivity index (χ2v) is 3.71. The van der Waals surface area contributed by atoms with Crippen molar-refractivity contribution in [2.24, 2.45) is 0 Å². The van der Waals surface area contributed by atoms with Crippen molar-refractivity contribution in [1.29, 1.82) is 0 Å². The van der Waals surface area contributed by atoms with Crippen LogP contribution in [0, 0.1) is 0 Å². The van der Waals surface area contributed by atoms with Gasteiger partial charge in [-0.2, -0.15) is 0 Å². The number of hydrogen-bond donors (Lipinski definition) is 2. The Morgan fingerprint density at radius 1 is 1.53 bits per heavy atom. The number of nitrogen functional groups attached to an aromatic ring is 1. The van der Waals surface area contributed by atoms with Gasteiger partial charge in [-0.25, -0.2) is 0 Å². The minimum Gasteiger partial charge on any atom is -0.495 e. The standard InChI is InChI=1S/C11H14N2O2/c1-15-10-3-2-7(4-9(10)12)8-5-11(14)13-6-8/h2-4,8H,5-6,12H2,1H3,(H,13,14)/t8-/m1/s1. The van der Waals surface area contributed by atoms with E-state index in [1.807, 2.05) is 18.2 Å². The summed E-state index contributed by atoms with van der Waals surface area (Å²) in [7, 11) is 1.59. The van der Waals surface area contributed by atoms with Gasteiger partial charge >= 0.3 is 0 Å². The van der Waals surface area contributed by atoms with Crippen molar-refractivity contribution in [3.05, 3.63) is 23.8 Å². The molecule has 0 saturated carbocycles. The maximum Gasteiger partial charge on any atom is 0.220 e. The zero-order valence-electron chi connectivity index (χ0n) is 8.62. The molecular formula is C11H14N2O2. The quantitative estimate of drug-likeness (QED) is 0.706. The zero-order valence-corrected chi connectivity index (χ0v) is 8.62. The summed E-state index contributed by atoms with van der Waals surface area (Å²) in [6.45, 7) is 0.699. The van der Waals surface area contributed by atoms with Crippen LogP contribution >= 0.6 is 0 Å². The van der Waals surface area contributed by atoms with Crippen LogP contribution in [0.25, 0.3) is 0 Å². The summed E-state index contributed by atoms with van der Waals surface area (Å²) >= 11 is 0. The summed E-state index contributed by atoms with van der Waals surface area (Å²) in [5.41, 5.74) is 7.51. The average molecular weight is 206 g/mol. The lowest BCUT2D eigenvalue weighted by Crippen LogP contribution is -2.13. The molecule has 80 valence electrons. The Morgan fingerprint density at radius 3 is 2.87 bits per heavy atom. The third-order valence-corrected chi connectivity index (χ3v) is 2.70. The molecular weight excluding hydrogens is 192 g/mol. The van der Waals surface area contributed by atoms with Crippen molar-refractivity contribution in [3.63, 3.8) is 0 Å². The molecule has 1 fully saturated rings. The summed E-state index contributed by atoms with van der Waals surface area (Å²) in [6, 6.07) is 5.68. The van der Waals surface area contributed by atoms with Gasteiger partial charge in [0.25, 0.3) is 0 Å². The van der Waals surface area contributed by atoms with Gasteiger partial charge in [-0.3, -0.25) is 4.79 Å². The molecule has 1 amide bonds. The second kappa shape index (κ2) is 3.81. The first-order chi connectivity index (χ1) is 7.20. The van der Waals surface area contributed by atoms with Crippen LogP contribution in [0.1, 0.15) is 17.9 Å². The Kier molecular flexibility index (Phi) is 2.49. The van der Waals surface area contributed by atoms with E-state index < -0.39 is 0 Å². The Hall–Kier alpha value is -1.71. The van der Waals surface area contributed by atoms with E-state index in [4.69, 9.17) is 10.5 Å².